The van der Waals surface area contributed by atoms with Crippen molar-refractivity contribution in [1.29, 1.82) is 0 Å². The van der Waals surface area contributed by atoms with E-state index < -0.39 is 45.1 Å². The first-order valence-electron chi connectivity index (χ1n) is 11.6. The molecule has 2 spiro atoms. The third kappa shape index (κ3) is 1.33. The fourth-order valence-electron chi connectivity index (χ4n) is 8.35. The number of carbonyl (C=O) groups is 2. The minimum Gasteiger partial charge on any atom is -0.360 e. The predicted molar refractivity (Wildman–Crippen MR) is 119 cm³/mol. The van der Waals surface area contributed by atoms with E-state index in [1.165, 1.54) is 0 Å². The Morgan fingerprint density at radius 2 is 0.844 bits per heavy atom. The van der Waals surface area contributed by atoms with Crippen LogP contribution >= 0.6 is 0 Å². The summed E-state index contributed by atoms with van der Waals surface area (Å²) in [5.74, 6) is 0.326. The summed E-state index contributed by atoms with van der Waals surface area (Å²) in [4.78, 5) is 27.1. The van der Waals surface area contributed by atoms with E-state index in [-0.39, 0.29) is 11.6 Å². The van der Waals surface area contributed by atoms with E-state index in [1.807, 2.05) is 27.7 Å². The van der Waals surface area contributed by atoms with Gasteiger partial charge in [0.05, 0.1) is 32.9 Å². The Balaban J connectivity index is 1.65. The summed E-state index contributed by atoms with van der Waals surface area (Å²) in [6.07, 6.45) is -1.03. The fourth-order valence-corrected chi connectivity index (χ4v) is 8.35. The van der Waals surface area contributed by atoms with Crippen LogP contribution < -0.4 is 0 Å². The summed E-state index contributed by atoms with van der Waals surface area (Å²) < 4.78 is 12.8. The second-order valence-corrected chi connectivity index (χ2v) is 11.7. The zero-order chi connectivity index (χ0) is 22.7. The van der Waals surface area contributed by atoms with Gasteiger partial charge in [-0.05, 0) is 63.8 Å². The molecule has 4 aliphatic heterocycles. The lowest BCUT2D eigenvalue weighted by Crippen LogP contribution is -2.75. The van der Waals surface area contributed by atoms with Crippen LogP contribution in [0.15, 0.2) is 48.5 Å². The molecule has 4 heteroatoms. The van der Waals surface area contributed by atoms with E-state index in [9.17, 15) is 9.59 Å². The molecule has 4 nitrogen and oxygen atoms in total. The molecular formula is C28H28O4. The molecule has 2 aromatic carbocycles. The number of fused-ring (bicyclic) bond motifs is 4. The van der Waals surface area contributed by atoms with Gasteiger partial charge < -0.3 is 9.47 Å². The van der Waals surface area contributed by atoms with Crippen LogP contribution in [0.5, 0.6) is 0 Å². The van der Waals surface area contributed by atoms with Gasteiger partial charge in [-0.2, -0.15) is 0 Å². The molecule has 4 bridgehead atoms. The van der Waals surface area contributed by atoms with Crippen LogP contribution in [0.1, 0.15) is 63.8 Å². The van der Waals surface area contributed by atoms with Gasteiger partial charge in [-0.1, -0.05) is 48.5 Å². The van der Waals surface area contributed by atoms with Gasteiger partial charge in [-0.15, -0.1) is 0 Å². The van der Waals surface area contributed by atoms with Crippen molar-refractivity contribution in [3.05, 3.63) is 70.8 Å². The van der Waals surface area contributed by atoms with E-state index in [0.717, 1.165) is 22.3 Å². The summed E-state index contributed by atoms with van der Waals surface area (Å²) in [5, 5.41) is 0. The van der Waals surface area contributed by atoms with Crippen molar-refractivity contribution in [2.45, 2.75) is 75.8 Å². The van der Waals surface area contributed by atoms with E-state index in [2.05, 4.69) is 62.4 Å². The highest BCUT2D eigenvalue weighted by Gasteiger charge is 2.89. The SMILES string of the molecule is CC1(C)C(=O)[C@H]2O[C@]1(C)C21c2ccccc2C2(c3ccccc31)[C@@H]1O[C@@]2(C)C(C)(C)C1=O. The third-order valence-electron chi connectivity index (χ3n) is 10.6. The van der Waals surface area contributed by atoms with Gasteiger partial charge in [0.1, 0.15) is 12.2 Å². The molecule has 2 aromatic rings. The first-order chi connectivity index (χ1) is 15.0. The van der Waals surface area contributed by atoms with Gasteiger partial charge in [0.25, 0.3) is 0 Å². The second-order valence-electron chi connectivity index (χ2n) is 11.7. The number of rotatable bonds is 0. The number of hydrogen-bond acceptors (Lipinski definition) is 4. The fraction of sp³-hybridized carbons (Fsp3) is 0.500. The van der Waals surface area contributed by atoms with Crippen molar-refractivity contribution in [3.8, 4) is 0 Å². The highest BCUT2D eigenvalue weighted by molar-refractivity contribution is 6.03. The van der Waals surface area contributed by atoms with Gasteiger partial charge in [0, 0.05) is 0 Å². The van der Waals surface area contributed by atoms with Crippen LogP contribution in [-0.2, 0) is 29.9 Å². The average Bonchev–Trinajstić information content (AvgIpc) is 3.17. The summed E-state index contributed by atoms with van der Waals surface area (Å²) in [5.41, 5.74) is 0.812. The lowest BCUT2D eigenvalue weighted by molar-refractivity contribution is -0.247. The van der Waals surface area contributed by atoms with Crippen molar-refractivity contribution in [1.82, 2.24) is 0 Å². The van der Waals surface area contributed by atoms with Crippen molar-refractivity contribution in [3.63, 3.8) is 0 Å². The molecule has 164 valence electrons. The topological polar surface area (TPSA) is 52.6 Å². The number of benzene rings is 2. The second kappa shape index (κ2) is 4.80. The molecule has 0 radical (unpaired) electrons. The Morgan fingerprint density at radius 1 is 0.562 bits per heavy atom. The van der Waals surface area contributed by atoms with E-state index >= 15 is 0 Å². The predicted octanol–water partition coefficient (Wildman–Crippen LogP) is 4.11. The molecule has 6 fully saturated rings. The molecule has 4 saturated heterocycles. The molecule has 4 heterocycles. The van der Waals surface area contributed by atoms with Gasteiger partial charge in [0.15, 0.2) is 11.6 Å². The van der Waals surface area contributed by atoms with Crippen molar-refractivity contribution in [2.24, 2.45) is 10.8 Å². The normalized spacial score (nSPS) is 45.4. The Morgan fingerprint density at radius 3 is 1.03 bits per heavy atom. The van der Waals surface area contributed by atoms with Crippen molar-refractivity contribution in [2.75, 3.05) is 0 Å². The maximum absolute atomic E-state index is 13.6. The van der Waals surface area contributed by atoms with Crippen LogP contribution in [-0.4, -0.2) is 35.0 Å². The molecule has 0 aromatic heterocycles. The lowest BCUT2D eigenvalue weighted by atomic mass is 9.44. The molecule has 2 saturated carbocycles. The van der Waals surface area contributed by atoms with Crippen molar-refractivity contribution >= 4 is 11.6 Å². The largest absolute Gasteiger partial charge is 0.360 e. The maximum Gasteiger partial charge on any atom is 0.171 e. The monoisotopic (exact) mass is 428 g/mol. The molecule has 0 amide bonds. The van der Waals surface area contributed by atoms with E-state index in [4.69, 9.17) is 9.47 Å². The Hall–Kier alpha value is -2.30. The first-order valence-corrected chi connectivity index (χ1v) is 11.6. The lowest BCUT2D eigenvalue weighted by Gasteiger charge is -2.67. The number of carbonyl (C=O) groups excluding carboxylic acids is 2. The molecule has 7 aliphatic rings. The Kier molecular flexibility index (Phi) is 2.88. The van der Waals surface area contributed by atoms with E-state index in [0.29, 0.717) is 0 Å². The smallest absolute Gasteiger partial charge is 0.171 e. The summed E-state index contributed by atoms with van der Waals surface area (Å²) in [6.45, 7) is 12.3. The minimum absolute atomic E-state index is 0.163. The Bertz CT molecular complexity index is 1140. The quantitative estimate of drug-likeness (QED) is 0.634. The van der Waals surface area contributed by atoms with E-state index in [1.54, 1.807) is 0 Å². The zero-order valence-electron chi connectivity index (χ0n) is 19.4. The molecule has 32 heavy (non-hydrogen) atoms. The van der Waals surface area contributed by atoms with Crippen LogP contribution in [0.2, 0.25) is 0 Å². The standard InChI is InChI=1S/C28H28O4/c1-23(2)19(29)21-27(25(23,5)31-21)15-11-7-9-13-17(15)28(18-14-10-8-12-16(18)27)22-20(30)24(3,4)26(28,6)32-22/h7-14,21-22H,1-6H3/t21-,22-,25+,26+,27?,28?/m1/s1. The van der Waals surface area contributed by atoms with Gasteiger partial charge >= 0.3 is 0 Å². The van der Waals surface area contributed by atoms with Crippen LogP contribution in [0.25, 0.3) is 0 Å². The summed E-state index contributed by atoms with van der Waals surface area (Å²) >= 11 is 0. The zero-order valence-corrected chi connectivity index (χ0v) is 19.4. The highest BCUT2D eigenvalue weighted by atomic mass is 16.6. The van der Waals surface area contributed by atoms with Gasteiger partial charge in [0.2, 0.25) is 0 Å². The van der Waals surface area contributed by atoms with Gasteiger partial charge in [-0.25, -0.2) is 0 Å². The van der Waals surface area contributed by atoms with Crippen LogP contribution in [0.4, 0.5) is 0 Å². The molecular weight excluding hydrogens is 400 g/mol. The molecule has 0 N–H and O–H groups in total. The number of ketones is 2. The summed E-state index contributed by atoms with van der Waals surface area (Å²) in [7, 11) is 0. The van der Waals surface area contributed by atoms with Crippen molar-refractivity contribution < 1.29 is 19.1 Å². The molecule has 3 aliphatic carbocycles. The first kappa shape index (κ1) is 19.2. The molecule has 4 atom stereocenters. The number of hydrogen-bond donors (Lipinski definition) is 0. The average molecular weight is 429 g/mol. The molecule has 0 unspecified atom stereocenters. The maximum atomic E-state index is 13.6. The van der Waals surface area contributed by atoms with Crippen LogP contribution in [0.3, 0.4) is 0 Å². The Labute approximate surface area is 188 Å². The minimum atomic E-state index is -0.667. The molecule has 9 rings (SSSR count). The highest BCUT2D eigenvalue weighted by Crippen LogP contribution is 2.78. The summed E-state index contributed by atoms with van der Waals surface area (Å²) in [6, 6.07) is 16.9. The number of ether oxygens (including phenoxy) is 2. The van der Waals surface area contributed by atoms with Crippen LogP contribution in [0, 0.1) is 10.8 Å². The third-order valence-corrected chi connectivity index (χ3v) is 10.6. The van der Waals surface area contributed by atoms with Gasteiger partial charge in [-0.3, -0.25) is 9.59 Å². The number of Topliss-reactive ketones (excluding diaryl/α,β-unsaturated/α-hetero) is 2.